The molecule has 0 aliphatic heterocycles. The maximum absolute atomic E-state index is 5.75. The van der Waals surface area contributed by atoms with E-state index in [1.165, 1.54) is 0 Å². The molecule has 74 valence electrons. The van der Waals surface area contributed by atoms with Crippen LogP contribution in [0.25, 0.3) is 16.6 Å². The van der Waals surface area contributed by atoms with E-state index in [-0.39, 0.29) is 0 Å². The Morgan fingerprint density at radius 2 is 2.13 bits per heavy atom. The molecule has 0 aliphatic rings. The lowest BCUT2D eigenvalue weighted by atomic mass is 10.1. The van der Waals surface area contributed by atoms with Crippen molar-refractivity contribution in [2.45, 2.75) is 6.92 Å². The van der Waals surface area contributed by atoms with Gasteiger partial charge in [-0.25, -0.2) is 0 Å². The molecule has 1 aromatic carbocycles. The van der Waals surface area contributed by atoms with Gasteiger partial charge in [0, 0.05) is 11.1 Å². The molecule has 0 aliphatic carbocycles. The number of nitrogens with two attached hydrogens (primary N) is 1. The number of nitrogens with zero attached hydrogens (tertiary/aromatic N) is 4. The van der Waals surface area contributed by atoms with E-state index in [0.29, 0.717) is 0 Å². The number of aromatic nitrogens is 4. The maximum Gasteiger partial charge on any atom is 0.180 e. The van der Waals surface area contributed by atoms with Gasteiger partial charge in [-0.2, -0.15) is 4.52 Å². The molecule has 5 heteroatoms. The van der Waals surface area contributed by atoms with Gasteiger partial charge in [-0.15, -0.1) is 5.10 Å². The Hall–Kier alpha value is -2.17. The summed E-state index contributed by atoms with van der Waals surface area (Å²) >= 11 is 0. The van der Waals surface area contributed by atoms with Crippen molar-refractivity contribution in [1.29, 1.82) is 0 Å². The number of rotatable bonds is 0. The van der Waals surface area contributed by atoms with Crippen LogP contribution < -0.4 is 5.73 Å². The SMILES string of the molecule is Cc1cc2nnnn2c2ccc(N)cc12. The highest BCUT2D eigenvalue weighted by molar-refractivity contribution is 5.87. The summed E-state index contributed by atoms with van der Waals surface area (Å²) in [7, 11) is 0. The molecule has 3 rings (SSSR count). The summed E-state index contributed by atoms with van der Waals surface area (Å²) in [5.74, 6) is 0. The van der Waals surface area contributed by atoms with E-state index in [1.54, 1.807) is 4.52 Å². The zero-order chi connectivity index (χ0) is 10.4. The summed E-state index contributed by atoms with van der Waals surface area (Å²) in [6, 6.07) is 7.66. The van der Waals surface area contributed by atoms with Crippen LogP contribution in [0.1, 0.15) is 5.56 Å². The molecule has 2 N–H and O–H groups in total. The van der Waals surface area contributed by atoms with Gasteiger partial charge < -0.3 is 5.73 Å². The maximum atomic E-state index is 5.75. The highest BCUT2D eigenvalue weighted by atomic mass is 15.5. The molecular formula is C10H9N5. The van der Waals surface area contributed by atoms with Gasteiger partial charge in [0.15, 0.2) is 5.65 Å². The fraction of sp³-hybridized carbons (Fsp3) is 0.100. The number of fused-ring (bicyclic) bond motifs is 3. The second-order valence-electron chi connectivity index (χ2n) is 3.55. The second kappa shape index (κ2) is 2.66. The summed E-state index contributed by atoms with van der Waals surface area (Å²) in [5.41, 5.74) is 9.35. The molecule has 0 saturated carbocycles. The highest BCUT2D eigenvalue weighted by Crippen LogP contribution is 2.21. The first-order valence-electron chi connectivity index (χ1n) is 4.62. The zero-order valence-corrected chi connectivity index (χ0v) is 8.18. The Morgan fingerprint density at radius 3 is 3.00 bits per heavy atom. The van der Waals surface area contributed by atoms with Crippen molar-refractivity contribution in [1.82, 2.24) is 20.0 Å². The third kappa shape index (κ3) is 1.06. The van der Waals surface area contributed by atoms with Crippen LogP contribution in [-0.4, -0.2) is 20.0 Å². The van der Waals surface area contributed by atoms with E-state index in [1.807, 2.05) is 31.2 Å². The standard InChI is InChI=1S/C10H9N5/c1-6-4-10-12-13-14-15(10)9-3-2-7(11)5-8(6)9/h2-5H,11H2,1H3. The summed E-state index contributed by atoms with van der Waals surface area (Å²) in [4.78, 5) is 0. The minimum Gasteiger partial charge on any atom is -0.399 e. The van der Waals surface area contributed by atoms with Crippen molar-refractivity contribution in [2.24, 2.45) is 0 Å². The fourth-order valence-electron chi connectivity index (χ4n) is 1.78. The Bertz CT molecular complexity index is 655. The zero-order valence-electron chi connectivity index (χ0n) is 8.18. The van der Waals surface area contributed by atoms with Gasteiger partial charge in [0.2, 0.25) is 0 Å². The molecule has 2 aromatic heterocycles. The van der Waals surface area contributed by atoms with E-state index in [0.717, 1.165) is 27.8 Å². The van der Waals surface area contributed by atoms with E-state index >= 15 is 0 Å². The van der Waals surface area contributed by atoms with Gasteiger partial charge in [0.25, 0.3) is 0 Å². The van der Waals surface area contributed by atoms with Crippen LogP contribution in [0, 0.1) is 6.92 Å². The van der Waals surface area contributed by atoms with Crippen LogP contribution in [0.3, 0.4) is 0 Å². The smallest absolute Gasteiger partial charge is 0.180 e. The van der Waals surface area contributed by atoms with Crippen molar-refractivity contribution in [3.8, 4) is 0 Å². The molecule has 0 bridgehead atoms. The minimum atomic E-state index is 0.748. The van der Waals surface area contributed by atoms with Crippen molar-refractivity contribution in [2.75, 3.05) is 5.73 Å². The third-order valence-corrected chi connectivity index (χ3v) is 2.51. The predicted octanol–water partition coefficient (Wildman–Crippen LogP) is 1.17. The first kappa shape index (κ1) is 8.16. The van der Waals surface area contributed by atoms with Gasteiger partial charge >= 0.3 is 0 Å². The van der Waals surface area contributed by atoms with Crippen LogP contribution in [0.5, 0.6) is 0 Å². The lowest BCUT2D eigenvalue weighted by Crippen LogP contribution is -1.94. The van der Waals surface area contributed by atoms with Crippen LogP contribution >= 0.6 is 0 Å². The lowest BCUT2D eigenvalue weighted by Gasteiger charge is -2.04. The summed E-state index contributed by atoms with van der Waals surface area (Å²) in [6.45, 7) is 2.02. The normalized spacial score (nSPS) is 11.3. The summed E-state index contributed by atoms with van der Waals surface area (Å²) in [5, 5.41) is 12.6. The third-order valence-electron chi connectivity index (χ3n) is 2.51. The monoisotopic (exact) mass is 199 g/mol. The number of nitrogen functional groups attached to an aromatic ring is 1. The van der Waals surface area contributed by atoms with E-state index in [2.05, 4.69) is 15.5 Å². The first-order valence-corrected chi connectivity index (χ1v) is 4.62. The number of hydrogen-bond acceptors (Lipinski definition) is 4. The largest absolute Gasteiger partial charge is 0.399 e. The number of anilines is 1. The lowest BCUT2D eigenvalue weighted by molar-refractivity contribution is 0.841. The van der Waals surface area contributed by atoms with Gasteiger partial charge in [-0.1, -0.05) is 0 Å². The van der Waals surface area contributed by atoms with Gasteiger partial charge in [0.05, 0.1) is 5.52 Å². The fourth-order valence-corrected chi connectivity index (χ4v) is 1.78. The van der Waals surface area contributed by atoms with Crippen molar-refractivity contribution < 1.29 is 0 Å². The molecule has 3 aromatic rings. The Kier molecular flexibility index (Phi) is 1.45. The summed E-state index contributed by atoms with van der Waals surface area (Å²) in [6.07, 6.45) is 0. The average Bonchev–Trinajstić information content (AvgIpc) is 2.66. The van der Waals surface area contributed by atoms with Crippen molar-refractivity contribution in [3.63, 3.8) is 0 Å². The Labute approximate surface area is 85.5 Å². The molecule has 0 fully saturated rings. The number of aryl methyl sites for hydroxylation is 1. The molecular weight excluding hydrogens is 190 g/mol. The predicted molar refractivity (Wildman–Crippen MR) is 57.4 cm³/mol. The molecule has 0 radical (unpaired) electrons. The molecule has 5 nitrogen and oxygen atoms in total. The van der Waals surface area contributed by atoms with Gasteiger partial charge in [-0.05, 0) is 47.2 Å². The van der Waals surface area contributed by atoms with Crippen molar-refractivity contribution in [3.05, 3.63) is 29.8 Å². The number of pyridine rings is 1. The molecule has 0 spiro atoms. The average molecular weight is 199 g/mol. The van der Waals surface area contributed by atoms with Crippen LogP contribution in [0.15, 0.2) is 24.3 Å². The first-order chi connectivity index (χ1) is 7.25. The van der Waals surface area contributed by atoms with Crippen LogP contribution in [0.2, 0.25) is 0 Å². The second-order valence-corrected chi connectivity index (χ2v) is 3.55. The van der Waals surface area contributed by atoms with E-state index < -0.39 is 0 Å². The van der Waals surface area contributed by atoms with E-state index in [9.17, 15) is 0 Å². The highest BCUT2D eigenvalue weighted by Gasteiger charge is 2.05. The minimum absolute atomic E-state index is 0.748. The molecule has 0 unspecified atom stereocenters. The van der Waals surface area contributed by atoms with Crippen LogP contribution in [0.4, 0.5) is 5.69 Å². The van der Waals surface area contributed by atoms with E-state index in [4.69, 9.17) is 5.73 Å². The molecule has 15 heavy (non-hydrogen) atoms. The number of hydrogen-bond donors (Lipinski definition) is 1. The quantitative estimate of drug-likeness (QED) is 0.552. The van der Waals surface area contributed by atoms with Gasteiger partial charge in [-0.3, -0.25) is 0 Å². The molecule has 0 saturated heterocycles. The molecule has 2 heterocycles. The summed E-state index contributed by atoms with van der Waals surface area (Å²) < 4.78 is 1.71. The Balaban J connectivity index is 2.61. The molecule has 0 amide bonds. The topological polar surface area (TPSA) is 69.1 Å². The molecule has 0 atom stereocenters. The van der Waals surface area contributed by atoms with Gasteiger partial charge in [0.1, 0.15) is 0 Å². The number of tetrazole rings is 1. The van der Waals surface area contributed by atoms with Crippen LogP contribution in [-0.2, 0) is 0 Å². The Morgan fingerprint density at radius 1 is 1.27 bits per heavy atom. The number of benzene rings is 1. The van der Waals surface area contributed by atoms with Crippen molar-refractivity contribution >= 4 is 22.2 Å².